The molecule has 0 saturated carbocycles. The van der Waals surface area contributed by atoms with Gasteiger partial charge in [-0.25, -0.2) is 10.1 Å². The van der Waals surface area contributed by atoms with Crippen molar-refractivity contribution in [3.8, 4) is 5.82 Å². The maximum absolute atomic E-state index is 12.2. The van der Waals surface area contributed by atoms with Gasteiger partial charge in [-0.15, -0.1) is 5.10 Å². The molecule has 1 amide bonds. The molecule has 0 spiro atoms. The van der Waals surface area contributed by atoms with E-state index < -0.39 is 5.91 Å². The summed E-state index contributed by atoms with van der Waals surface area (Å²) < 4.78 is 5.77. The molecule has 0 aliphatic heterocycles. The molecule has 11 heteroatoms. The van der Waals surface area contributed by atoms with Crippen LogP contribution in [0.25, 0.3) is 5.82 Å². The number of nitrogens with zero attached hydrogens (tertiary/aromatic N) is 7. The molecule has 3 rings (SSSR count). The lowest BCUT2D eigenvalue weighted by Crippen LogP contribution is -2.21. The van der Waals surface area contributed by atoms with E-state index in [0.29, 0.717) is 11.4 Å². The Hall–Kier alpha value is -3.63. The molecule has 0 aliphatic rings. The van der Waals surface area contributed by atoms with Crippen LogP contribution < -0.4 is 11.2 Å². The van der Waals surface area contributed by atoms with E-state index in [9.17, 15) is 4.79 Å². The first-order chi connectivity index (χ1) is 11.6. The first kappa shape index (κ1) is 15.3. The van der Waals surface area contributed by atoms with Crippen LogP contribution >= 0.6 is 0 Å². The number of carbonyl (C=O) groups is 1. The summed E-state index contributed by atoms with van der Waals surface area (Å²) >= 11 is 0. The lowest BCUT2D eigenvalue weighted by molar-refractivity contribution is 0.0949. The molecular weight excluding hydrogens is 314 g/mol. The van der Waals surface area contributed by atoms with E-state index in [2.05, 4.69) is 40.8 Å². The number of pyridine rings is 1. The van der Waals surface area contributed by atoms with Crippen molar-refractivity contribution in [2.45, 2.75) is 13.8 Å². The number of amides is 1. The fourth-order valence-corrected chi connectivity index (χ4v) is 1.91. The van der Waals surface area contributed by atoms with Crippen LogP contribution in [0.15, 0.2) is 34.3 Å². The summed E-state index contributed by atoms with van der Waals surface area (Å²) in [5.74, 6) is -0.313. The monoisotopic (exact) mass is 327 g/mol. The summed E-state index contributed by atoms with van der Waals surface area (Å²) in [6.45, 7) is 3.39. The zero-order valence-corrected chi connectivity index (χ0v) is 12.8. The smallest absolute Gasteiger partial charge is 0.293 e. The predicted molar refractivity (Wildman–Crippen MR) is 82.3 cm³/mol. The molecule has 3 N–H and O–H groups in total. The van der Waals surface area contributed by atoms with Gasteiger partial charge in [-0.3, -0.25) is 9.78 Å². The van der Waals surface area contributed by atoms with Crippen LogP contribution in [-0.4, -0.2) is 41.9 Å². The molecule has 122 valence electrons. The average molecular weight is 327 g/mol. The van der Waals surface area contributed by atoms with Crippen molar-refractivity contribution in [2.75, 3.05) is 5.73 Å². The lowest BCUT2D eigenvalue weighted by atomic mass is 10.2. The Bertz CT molecular complexity index is 897. The zero-order chi connectivity index (χ0) is 17.1. The SMILES string of the molecule is C/C(=N\NC(=O)c1nnn(-c2nonc2N)c1C)c1cccnc1. The van der Waals surface area contributed by atoms with Crippen LogP contribution in [0.4, 0.5) is 5.82 Å². The van der Waals surface area contributed by atoms with Crippen molar-refractivity contribution in [1.29, 1.82) is 0 Å². The number of aromatic nitrogens is 6. The van der Waals surface area contributed by atoms with Crippen LogP contribution in [0.2, 0.25) is 0 Å². The highest BCUT2D eigenvalue weighted by molar-refractivity contribution is 6.00. The third-order valence-corrected chi connectivity index (χ3v) is 3.21. The second kappa shape index (κ2) is 6.24. The molecule has 0 aliphatic carbocycles. The number of rotatable bonds is 4. The van der Waals surface area contributed by atoms with Gasteiger partial charge >= 0.3 is 0 Å². The quantitative estimate of drug-likeness (QED) is 0.505. The minimum absolute atomic E-state index is 0.0420. The van der Waals surface area contributed by atoms with Gasteiger partial charge in [0.05, 0.1) is 11.4 Å². The fraction of sp³-hybridized carbons (Fsp3) is 0.154. The highest BCUT2D eigenvalue weighted by Crippen LogP contribution is 2.14. The molecule has 0 fully saturated rings. The van der Waals surface area contributed by atoms with Crippen molar-refractivity contribution in [3.05, 3.63) is 41.5 Å². The average Bonchev–Trinajstić information content (AvgIpc) is 3.18. The van der Waals surface area contributed by atoms with Crippen molar-refractivity contribution in [1.82, 2.24) is 35.7 Å². The van der Waals surface area contributed by atoms with E-state index in [1.165, 1.54) is 4.68 Å². The maximum Gasteiger partial charge on any atom is 0.293 e. The number of hydrogen-bond acceptors (Lipinski definition) is 9. The molecule has 0 unspecified atom stereocenters. The first-order valence-electron chi connectivity index (χ1n) is 6.83. The number of hydrazone groups is 1. The molecule has 0 bridgehead atoms. The van der Waals surface area contributed by atoms with Crippen molar-refractivity contribution >= 4 is 17.4 Å². The second-order valence-corrected chi connectivity index (χ2v) is 4.79. The van der Waals surface area contributed by atoms with Gasteiger partial charge < -0.3 is 5.73 Å². The highest BCUT2D eigenvalue weighted by Gasteiger charge is 2.20. The van der Waals surface area contributed by atoms with E-state index >= 15 is 0 Å². The van der Waals surface area contributed by atoms with Gasteiger partial charge in [0.1, 0.15) is 0 Å². The molecular formula is C13H13N9O2. The summed E-state index contributed by atoms with van der Waals surface area (Å²) in [6, 6.07) is 3.61. The van der Waals surface area contributed by atoms with Gasteiger partial charge in [-0.05, 0) is 30.2 Å². The van der Waals surface area contributed by atoms with Crippen molar-refractivity contribution < 1.29 is 9.42 Å². The van der Waals surface area contributed by atoms with E-state index in [1.807, 2.05) is 6.07 Å². The third-order valence-electron chi connectivity index (χ3n) is 3.21. The summed E-state index contributed by atoms with van der Waals surface area (Å²) in [6.07, 6.45) is 3.30. The van der Waals surface area contributed by atoms with Gasteiger partial charge in [0, 0.05) is 18.0 Å². The predicted octanol–water partition coefficient (Wildman–Crippen LogP) is 0.0899. The Morgan fingerprint density at radius 3 is 2.92 bits per heavy atom. The van der Waals surface area contributed by atoms with E-state index in [-0.39, 0.29) is 17.3 Å². The van der Waals surface area contributed by atoms with Gasteiger partial charge in [0.25, 0.3) is 5.91 Å². The second-order valence-electron chi connectivity index (χ2n) is 4.79. The van der Waals surface area contributed by atoms with Gasteiger partial charge in [0.15, 0.2) is 5.69 Å². The Kier molecular flexibility index (Phi) is 3.97. The molecule has 0 aromatic carbocycles. The van der Waals surface area contributed by atoms with E-state index in [1.54, 1.807) is 32.3 Å². The van der Waals surface area contributed by atoms with Crippen LogP contribution in [-0.2, 0) is 0 Å². The summed E-state index contributed by atoms with van der Waals surface area (Å²) in [5, 5.41) is 18.8. The standard InChI is InChI=1S/C13H13N9O2/c1-7(9-4-3-5-15-6-9)16-18-13(23)10-8(2)22(21-17-10)12-11(14)19-24-20-12/h3-6H,1-2H3,(H2,14,19)(H,18,23)/b16-7+. The Morgan fingerprint density at radius 2 is 2.25 bits per heavy atom. The van der Waals surface area contributed by atoms with Crippen LogP contribution in [0.5, 0.6) is 0 Å². The number of hydrogen-bond donors (Lipinski definition) is 2. The molecule has 3 aromatic rings. The molecule has 11 nitrogen and oxygen atoms in total. The Morgan fingerprint density at radius 1 is 1.42 bits per heavy atom. The Labute approximate surface area is 135 Å². The van der Waals surface area contributed by atoms with Crippen LogP contribution in [0, 0.1) is 6.92 Å². The minimum Gasteiger partial charge on any atom is -0.378 e. The lowest BCUT2D eigenvalue weighted by Gasteiger charge is -2.02. The van der Waals surface area contributed by atoms with Crippen molar-refractivity contribution in [3.63, 3.8) is 0 Å². The van der Waals surface area contributed by atoms with E-state index in [0.717, 1.165) is 5.56 Å². The Balaban J connectivity index is 1.79. The normalized spacial score (nSPS) is 11.5. The van der Waals surface area contributed by atoms with Crippen LogP contribution in [0.1, 0.15) is 28.7 Å². The van der Waals surface area contributed by atoms with Gasteiger partial charge in [0.2, 0.25) is 11.6 Å². The van der Waals surface area contributed by atoms with Gasteiger partial charge in [-0.2, -0.15) is 9.78 Å². The topological polar surface area (TPSA) is 150 Å². The van der Waals surface area contributed by atoms with Crippen LogP contribution in [0.3, 0.4) is 0 Å². The fourth-order valence-electron chi connectivity index (χ4n) is 1.91. The van der Waals surface area contributed by atoms with Gasteiger partial charge in [-0.1, -0.05) is 11.3 Å². The summed E-state index contributed by atoms with van der Waals surface area (Å²) in [4.78, 5) is 16.2. The summed E-state index contributed by atoms with van der Waals surface area (Å²) in [5.41, 5.74) is 9.93. The maximum atomic E-state index is 12.2. The number of nitrogens with two attached hydrogens (primary N) is 1. The highest BCUT2D eigenvalue weighted by atomic mass is 16.6. The third kappa shape index (κ3) is 2.82. The molecule has 0 atom stereocenters. The molecule has 3 heterocycles. The number of anilines is 1. The number of nitrogens with one attached hydrogen (secondary N) is 1. The van der Waals surface area contributed by atoms with Crippen molar-refractivity contribution in [2.24, 2.45) is 5.10 Å². The molecule has 0 saturated heterocycles. The molecule has 24 heavy (non-hydrogen) atoms. The number of carbonyl (C=O) groups excluding carboxylic acids is 1. The van der Waals surface area contributed by atoms with E-state index in [4.69, 9.17) is 5.73 Å². The number of nitrogen functional groups attached to an aromatic ring is 1. The minimum atomic E-state index is -0.517. The molecule has 0 radical (unpaired) electrons. The first-order valence-corrected chi connectivity index (χ1v) is 6.83. The summed E-state index contributed by atoms with van der Waals surface area (Å²) in [7, 11) is 0. The zero-order valence-electron chi connectivity index (χ0n) is 12.8. The molecule has 3 aromatic heterocycles. The largest absolute Gasteiger partial charge is 0.378 e.